The number of carbonyl (C=O) groups excluding carboxylic acids is 1. The molecule has 1 atom stereocenters. The van der Waals surface area contributed by atoms with Crippen molar-refractivity contribution in [3.63, 3.8) is 0 Å². The third-order valence-corrected chi connectivity index (χ3v) is 8.05. The van der Waals surface area contributed by atoms with Gasteiger partial charge in [-0.05, 0) is 48.3 Å². The maximum absolute atomic E-state index is 12.9. The smallest absolute Gasteiger partial charge is 0.357 e. The van der Waals surface area contributed by atoms with Crippen LogP contribution in [0.25, 0.3) is 0 Å². The molecule has 0 spiro atoms. The predicted octanol–water partition coefficient (Wildman–Crippen LogP) is 4.83. The highest BCUT2D eigenvalue weighted by molar-refractivity contribution is 7.98. The fourth-order valence-electron chi connectivity index (χ4n) is 4.61. The van der Waals surface area contributed by atoms with Gasteiger partial charge in [0.05, 0.1) is 6.61 Å². The van der Waals surface area contributed by atoms with Crippen LogP contribution >= 0.6 is 11.8 Å². The number of benzene rings is 1. The van der Waals surface area contributed by atoms with Gasteiger partial charge in [-0.15, -0.1) is 11.8 Å². The molecule has 38 heavy (non-hydrogen) atoms. The van der Waals surface area contributed by atoms with E-state index in [1.54, 1.807) is 13.0 Å². The topological polar surface area (TPSA) is 108 Å². The Balaban J connectivity index is 2.05. The molecular weight excluding hydrogens is 520 g/mol. The number of primary sulfonamides is 1. The summed E-state index contributed by atoms with van der Waals surface area (Å²) in [7, 11) is -0.0918. The molecule has 8 nitrogen and oxygen atoms in total. The molecule has 2 aromatic rings. The second-order valence-electron chi connectivity index (χ2n) is 9.46. The summed E-state index contributed by atoms with van der Waals surface area (Å²) in [6, 6.07) is 7.41. The summed E-state index contributed by atoms with van der Waals surface area (Å²) in [5, 5.41) is 5.44. The molecule has 1 heterocycles. The van der Waals surface area contributed by atoms with E-state index in [1.807, 2.05) is 72.4 Å². The number of hydrogen-bond donors (Lipinski definition) is 1. The number of esters is 1. The first-order chi connectivity index (χ1) is 18.1. The number of unbranched alkanes of at least 4 members (excludes halogenated alkanes) is 1. The fraction of sp³-hybridized carbons (Fsp3) is 0.429. The lowest BCUT2D eigenvalue weighted by atomic mass is 9.93. The number of nitrogens with two attached hydrogens (primary N) is 1. The van der Waals surface area contributed by atoms with Crippen LogP contribution in [0.4, 0.5) is 0 Å². The van der Waals surface area contributed by atoms with Crippen molar-refractivity contribution in [2.45, 2.75) is 56.4 Å². The molecule has 1 unspecified atom stereocenters. The molecule has 1 aliphatic rings. The molecular formula is C28H38N4O4S2. The summed E-state index contributed by atoms with van der Waals surface area (Å²) in [5.74, 6) is 0.399. The Labute approximate surface area is 230 Å². The van der Waals surface area contributed by atoms with Gasteiger partial charge in [0.2, 0.25) is 10.0 Å². The molecule has 0 saturated heterocycles. The minimum absolute atomic E-state index is 0.265. The van der Waals surface area contributed by atoms with Gasteiger partial charge in [-0.2, -0.15) is 0 Å². The van der Waals surface area contributed by atoms with Gasteiger partial charge >= 0.3 is 5.97 Å². The number of aryl methyl sites for hydroxylation is 1. The molecule has 10 heteroatoms. The average molecular weight is 559 g/mol. The molecule has 1 aliphatic carbocycles. The molecule has 0 radical (unpaired) electrons. The van der Waals surface area contributed by atoms with Crippen molar-refractivity contribution < 1.29 is 17.9 Å². The van der Waals surface area contributed by atoms with E-state index in [9.17, 15) is 13.2 Å². The Morgan fingerprint density at radius 3 is 2.71 bits per heavy atom. The third kappa shape index (κ3) is 7.39. The van der Waals surface area contributed by atoms with Gasteiger partial charge in [0.25, 0.3) is 0 Å². The van der Waals surface area contributed by atoms with Crippen LogP contribution in [-0.4, -0.2) is 55.8 Å². The van der Waals surface area contributed by atoms with Gasteiger partial charge in [-0.25, -0.2) is 23.3 Å². The highest BCUT2D eigenvalue weighted by Gasteiger charge is 2.29. The number of sulfonamides is 1. The maximum Gasteiger partial charge on any atom is 0.357 e. The highest BCUT2D eigenvalue weighted by atomic mass is 32.2. The minimum Gasteiger partial charge on any atom is -0.461 e. The van der Waals surface area contributed by atoms with Gasteiger partial charge in [0, 0.05) is 33.3 Å². The number of hydrogen-bond acceptors (Lipinski definition) is 7. The van der Waals surface area contributed by atoms with Crippen LogP contribution in [0.3, 0.4) is 0 Å². The first-order valence-corrected chi connectivity index (χ1v) is 15.6. The zero-order valence-corrected chi connectivity index (χ0v) is 24.4. The zero-order chi connectivity index (χ0) is 27.9. The van der Waals surface area contributed by atoms with Gasteiger partial charge in [-0.3, -0.25) is 0 Å². The molecule has 0 bridgehead atoms. The van der Waals surface area contributed by atoms with Crippen molar-refractivity contribution in [2.75, 3.05) is 27.0 Å². The highest BCUT2D eigenvalue weighted by Crippen LogP contribution is 2.35. The quantitative estimate of drug-likeness (QED) is 0.294. The van der Waals surface area contributed by atoms with Gasteiger partial charge in [0.1, 0.15) is 16.1 Å². The Hall–Kier alpha value is -2.82. The number of imidazole rings is 1. The lowest BCUT2D eigenvalue weighted by molar-refractivity contribution is 0.0509. The van der Waals surface area contributed by atoms with E-state index in [0.717, 1.165) is 36.2 Å². The predicted molar refractivity (Wildman–Crippen MR) is 154 cm³/mol. The van der Waals surface area contributed by atoms with Crippen LogP contribution < -0.4 is 5.14 Å². The molecule has 0 amide bonds. The number of nitrogens with zero attached hydrogens (tertiary/aromatic N) is 3. The van der Waals surface area contributed by atoms with Gasteiger partial charge in [0.15, 0.2) is 5.69 Å². The van der Waals surface area contributed by atoms with Crippen molar-refractivity contribution in [3.05, 3.63) is 82.5 Å². The molecule has 1 aromatic heterocycles. The summed E-state index contributed by atoms with van der Waals surface area (Å²) >= 11 is 1.41. The number of aromatic nitrogens is 2. The summed E-state index contributed by atoms with van der Waals surface area (Å²) < 4.78 is 33.0. The molecule has 0 aliphatic heterocycles. The van der Waals surface area contributed by atoms with Crippen LogP contribution in [0.2, 0.25) is 0 Å². The van der Waals surface area contributed by atoms with Crippen LogP contribution in [0.1, 0.15) is 65.8 Å². The van der Waals surface area contributed by atoms with E-state index in [0.29, 0.717) is 34.8 Å². The molecule has 0 fully saturated rings. The standard InChI is InChI=1S/C28H38N4O4S2/c1-6-8-15-24-30-27(37-5)25(28(33)36-7-2)32(24)19-21-12-10-14-23(17-21)26(38(29,34)35)22-13-9-11-20(16-22)18-31(3)4/h9-14,17-18,26H,6-8,15-16,19H2,1-5H3,(H2,29,34,35). The third-order valence-electron chi connectivity index (χ3n) is 6.14. The molecule has 206 valence electrons. The Kier molecular flexibility index (Phi) is 10.4. The van der Waals surface area contributed by atoms with E-state index in [4.69, 9.17) is 14.9 Å². The number of ether oxygens (including phenoxy) is 1. The number of allylic oxidation sites excluding steroid dienone is 4. The zero-order valence-electron chi connectivity index (χ0n) is 22.8. The molecule has 0 saturated carbocycles. The van der Waals surface area contributed by atoms with Crippen LogP contribution in [0.5, 0.6) is 0 Å². The molecule has 1 aromatic carbocycles. The average Bonchev–Trinajstić information content (AvgIpc) is 3.19. The van der Waals surface area contributed by atoms with Crippen molar-refractivity contribution in [1.82, 2.24) is 14.5 Å². The normalized spacial score (nSPS) is 15.4. The SMILES string of the molecule is CCCCc1nc(SC)c(C(=O)OCC)n1Cc1cccc(C(C2=CC=CC(=CN(C)C)C2)S(N)(=O)=O)c1. The summed E-state index contributed by atoms with van der Waals surface area (Å²) in [5.41, 5.74) is 3.58. The summed E-state index contributed by atoms with van der Waals surface area (Å²) in [6.07, 6.45) is 12.7. The lowest BCUT2D eigenvalue weighted by Gasteiger charge is -2.23. The van der Waals surface area contributed by atoms with Crippen molar-refractivity contribution in [1.29, 1.82) is 0 Å². The van der Waals surface area contributed by atoms with Crippen LogP contribution in [0.15, 0.2) is 64.9 Å². The van der Waals surface area contributed by atoms with Gasteiger partial charge < -0.3 is 14.2 Å². The number of rotatable bonds is 12. The monoisotopic (exact) mass is 558 g/mol. The second kappa shape index (κ2) is 13.3. The Bertz CT molecular complexity index is 1340. The Morgan fingerprint density at radius 2 is 2.08 bits per heavy atom. The van der Waals surface area contributed by atoms with Gasteiger partial charge in [-0.1, -0.05) is 55.8 Å². The molecule has 3 rings (SSSR count). The van der Waals surface area contributed by atoms with Crippen LogP contribution in [0, 0.1) is 0 Å². The second-order valence-corrected chi connectivity index (χ2v) is 11.9. The lowest BCUT2D eigenvalue weighted by Crippen LogP contribution is -2.24. The number of carbonyl (C=O) groups is 1. The Morgan fingerprint density at radius 1 is 1.32 bits per heavy atom. The van der Waals surface area contributed by atoms with E-state index < -0.39 is 21.2 Å². The van der Waals surface area contributed by atoms with E-state index in [2.05, 4.69) is 6.92 Å². The van der Waals surface area contributed by atoms with Crippen LogP contribution in [-0.2, 0) is 27.7 Å². The number of thioether (sulfide) groups is 1. The first kappa shape index (κ1) is 29.7. The largest absolute Gasteiger partial charge is 0.461 e. The van der Waals surface area contributed by atoms with Crippen molar-refractivity contribution in [3.8, 4) is 0 Å². The maximum atomic E-state index is 12.9. The van der Waals surface area contributed by atoms with Crippen molar-refractivity contribution >= 4 is 27.8 Å². The van der Waals surface area contributed by atoms with E-state index in [-0.39, 0.29) is 6.61 Å². The fourth-order valence-corrected chi connectivity index (χ4v) is 6.30. The molecule has 2 N–H and O–H groups in total. The first-order valence-electron chi connectivity index (χ1n) is 12.7. The minimum atomic E-state index is -3.95. The van der Waals surface area contributed by atoms with E-state index in [1.165, 1.54) is 11.8 Å². The summed E-state index contributed by atoms with van der Waals surface area (Å²) in [4.78, 5) is 19.6. The van der Waals surface area contributed by atoms with E-state index >= 15 is 0 Å². The van der Waals surface area contributed by atoms with Crippen molar-refractivity contribution in [2.24, 2.45) is 5.14 Å². The summed E-state index contributed by atoms with van der Waals surface area (Å²) in [6.45, 7) is 4.51.